The van der Waals surface area contributed by atoms with Crippen molar-refractivity contribution in [3.8, 4) is 55.3 Å². The van der Waals surface area contributed by atoms with Crippen LogP contribution in [0.25, 0.3) is 40.6 Å². The van der Waals surface area contributed by atoms with E-state index in [-0.39, 0.29) is 22.3 Å². The third kappa shape index (κ3) is 5.62. The molecule has 0 saturated heterocycles. The van der Waals surface area contributed by atoms with Gasteiger partial charge in [0.2, 0.25) is 11.4 Å². The van der Waals surface area contributed by atoms with Gasteiger partial charge in [0.1, 0.15) is 45.8 Å². The maximum absolute atomic E-state index is 9.32. The molecule has 0 aliphatic heterocycles. The quantitative estimate of drug-likeness (QED) is 0.130. The van der Waals surface area contributed by atoms with Crippen LogP contribution in [0, 0.1) is 45.3 Å². The average molecular weight is 763 g/mol. The number of rotatable bonds is 10. The predicted octanol–water partition coefficient (Wildman–Crippen LogP) is 11.8. The third-order valence-electron chi connectivity index (χ3n) is 8.99. The molecule has 0 radical (unpaired) electrons. The molecule has 7 rings (SSSR count). The van der Waals surface area contributed by atoms with Crippen molar-refractivity contribution < 1.29 is 9.47 Å². The van der Waals surface area contributed by atoms with Gasteiger partial charge >= 0.3 is 0 Å². The molecular weight excluding hydrogens is 733 g/mol. The molecule has 2 aliphatic rings. The number of aliphatic imine (C=N–C) groups is 2. The minimum atomic E-state index is -0.325. The molecule has 0 atom stereocenters. The first-order valence-corrected chi connectivity index (χ1v) is 20.4. The topological polar surface area (TPSA) is 138 Å². The molecule has 0 spiro atoms. The van der Waals surface area contributed by atoms with Crippen LogP contribution in [0.15, 0.2) is 28.2 Å². The molecule has 51 heavy (non-hydrogen) atoms. The van der Waals surface area contributed by atoms with E-state index in [4.69, 9.17) is 9.47 Å². The summed E-state index contributed by atoms with van der Waals surface area (Å²) in [4.78, 5) is 15.4. The van der Waals surface area contributed by atoms with Crippen LogP contribution in [-0.4, -0.2) is 24.6 Å². The van der Waals surface area contributed by atoms with Gasteiger partial charge in [-0.2, -0.15) is 21.0 Å². The lowest BCUT2D eigenvalue weighted by Crippen LogP contribution is -2.16. The zero-order valence-corrected chi connectivity index (χ0v) is 32.8. The van der Waals surface area contributed by atoms with E-state index in [1.54, 1.807) is 11.3 Å². The Hall–Kier alpha value is -4.60. The summed E-state index contributed by atoms with van der Waals surface area (Å²) in [5.74, 6) is 1.45. The summed E-state index contributed by atoms with van der Waals surface area (Å²) in [6.45, 7) is 14.4. The number of thiophene rings is 5. The second kappa shape index (κ2) is 13.2. The lowest BCUT2D eigenvalue weighted by Gasteiger charge is -2.24. The minimum absolute atomic E-state index is 0.179. The van der Waals surface area contributed by atoms with E-state index in [0.717, 1.165) is 44.5 Å². The van der Waals surface area contributed by atoms with Crippen LogP contribution in [0.1, 0.15) is 80.8 Å². The molecular formula is C38H30N6O2S5. The first-order valence-electron chi connectivity index (χ1n) is 16.3. The molecule has 0 amide bonds. The first kappa shape index (κ1) is 34.8. The molecule has 5 heterocycles. The molecule has 2 aliphatic carbocycles. The van der Waals surface area contributed by atoms with Crippen molar-refractivity contribution in [2.45, 2.75) is 65.2 Å². The van der Waals surface area contributed by atoms with Crippen LogP contribution < -0.4 is 9.47 Å². The fourth-order valence-corrected chi connectivity index (χ4v) is 13.8. The lowest BCUT2D eigenvalue weighted by molar-refractivity contribution is 0.318. The SMILES string of the molecule is CCCOc1cc(N=C(C#N)C#N)sc1C1=Cc2sc3c4c(sc3c2C1(C)C)-c1sc(-c2sc(N=C(C#N)C#N)cc2OCCC)cc1C4(C)C. The molecule has 0 unspecified atom stereocenters. The normalized spacial score (nSPS) is 14.4. The largest absolute Gasteiger partial charge is 0.492 e. The minimum Gasteiger partial charge on any atom is -0.492 e. The lowest BCUT2D eigenvalue weighted by atomic mass is 9.80. The number of fused-ring (bicyclic) bond motifs is 7. The van der Waals surface area contributed by atoms with Crippen molar-refractivity contribution in [3.05, 3.63) is 44.6 Å². The van der Waals surface area contributed by atoms with E-state index in [9.17, 15) is 21.0 Å². The van der Waals surface area contributed by atoms with Crippen LogP contribution in [0.3, 0.4) is 0 Å². The highest BCUT2D eigenvalue weighted by molar-refractivity contribution is 7.33. The Morgan fingerprint density at radius 2 is 1.20 bits per heavy atom. The zero-order valence-electron chi connectivity index (χ0n) is 28.7. The van der Waals surface area contributed by atoms with Gasteiger partial charge in [0.15, 0.2) is 0 Å². The molecule has 0 fully saturated rings. The predicted molar refractivity (Wildman–Crippen MR) is 212 cm³/mol. The Morgan fingerprint density at radius 1 is 0.647 bits per heavy atom. The first-order chi connectivity index (χ1) is 24.5. The van der Waals surface area contributed by atoms with Gasteiger partial charge in [-0.3, -0.25) is 0 Å². The summed E-state index contributed by atoms with van der Waals surface area (Å²) in [6.07, 6.45) is 4.00. The number of allylic oxidation sites excluding steroid dienone is 1. The van der Waals surface area contributed by atoms with Crippen LogP contribution in [0.2, 0.25) is 0 Å². The summed E-state index contributed by atoms with van der Waals surface area (Å²) in [6, 6.07) is 13.4. The fourth-order valence-electron chi connectivity index (χ4n) is 6.64. The van der Waals surface area contributed by atoms with Crippen molar-refractivity contribution in [2.24, 2.45) is 9.98 Å². The highest BCUT2D eigenvalue weighted by atomic mass is 32.1. The van der Waals surface area contributed by atoms with Crippen LogP contribution in [0.4, 0.5) is 10.0 Å². The standard InChI is InChI=1S/C38H30N6O2S5/c1-7-9-45-23-13-27(43-19(15-39)16-40)49-31(23)21-11-25-29(37(21,3)4)34-36(47-25)30-35(51-34)32-22(38(30,5)6)12-26(48-32)33-24(46-10-8-2)14-28(50-33)44-20(17-41)18-42/h11-14H,7-10H2,1-6H3. The second-order valence-electron chi connectivity index (χ2n) is 13.1. The second-order valence-corrected chi connectivity index (χ2v) is 18.3. The maximum Gasteiger partial charge on any atom is 0.219 e. The van der Waals surface area contributed by atoms with E-state index in [2.05, 4.69) is 63.7 Å². The van der Waals surface area contributed by atoms with Crippen LogP contribution >= 0.6 is 56.7 Å². The van der Waals surface area contributed by atoms with Crippen molar-refractivity contribution >= 4 is 99.2 Å². The van der Waals surface area contributed by atoms with Gasteiger partial charge in [0.25, 0.3) is 0 Å². The van der Waals surface area contributed by atoms with E-state index < -0.39 is 0 Å². The Balaban J connectivity index is 1.31. The smallest absolute Gasteiger partial charge is 0.219 e. The Kier molecular flexibility index (Phi) is 9.00. The zero-order chi connectivity index (χ0) is 36.2. The Labute approximate surface area is 316 Å². The molecule has 0 saturated carbocycles. The highest BCUT2D eigenvalue weighted by Gasteiger charge is 2.46. The molecule has 0 aromatic carbocycles. The molecule has 5 aromatic rings. The molecule has 254 valence electrons. The molecule has 0 N–H and O–H groups in total. The average Bonchev–Trinajstić information content (AvgIpc) is 3.95. The van der Waals surface area contributed by atoms with E-state index in [1.165, 1.54) is 63.4 Å². The van der Waals surface area contributed by atoms with Gasteiger partial charge in [-0.05, 0) is 47.2 Å². The number of nitriles is 4. The molecule has 5 aromatic heterocycles. The number of nitrogens with zero attached hydrogens (tertiary/aromatic N) is 6. The summed E-state index contributed by atoms with van der Waals surface area (Å²) < 4.78 is 15.0. The van der Waals surface area contributed by atoms with Gasteiger partial charge in [-0.25, -0.2) is 9.98 Å². The number of hydrogen-bond donors (Lipinski definition) is 0. The van der Waals surface area contributed by atoms with Crippen molar-refractivity contribution in [1.82, 2.24) is 0 Å². The van der Waals surface area contributed by atoms with E-state index in [0.29, 0.717) is 23.2 Å². The Morgan fingerprint density at radius 3 is 1.76 bits per heavy atom. The molecule has 8 nitrogen and oxygen atoms in total. The van der Waals surface area contributed by atoms with E-state index >= 15 is 0 Å². The van der Waals surface area contributed by atoms with Gasteiger partial charge in [-0.15, -0.1) is 56.7 Å². The van der Waals surface area contributed by atoms with Crippen molar-refractivity contribution in [3.63, 3.8) is 0 Å². The summed E-state index contributed by atoms with van der Waals surface area (Å²) in [5, 5.41) is 38.4. The van der Waals surface area contributed by atoms with Crippen LogP contribution in [0.5, 0.6) is 11.5 Å². The third-order valence-corrected chi connectivity index (χ3v) is 15.0. The van der Waals surface area contributed by atoms with Crippen molar-refractivity contribution in [1.29, 1.82) is 21.0 Å². The summed E-state index contributed by atoms with van der Waals surface area (Å²) >= 11 is 8.38. The van der Waals surface area contributed by atoms with Gasteiger partial charge in [0.05, 0.1) is 37.2 Å². The van der Waals surface area contributed by atoms with Crippen molar-refractivity contribution in [2.75, 3.05) is 13.2 Å². The van der Waals surface area contributed by atoms with Crippen LogP contribution in [-0.2, 0) is 10.8 Å². The summed E-state index contributed by atoms with van der Waals surface area (Å²) in [7, 11) is 0. The van der Waals surface area contributed by atoms with Gasteiger partial charge in [-0.1, -0.05) is 41.5 Å². The molecule has 13 heteroatoms. The van der Waals surface area contributed by atoms with E-state index in [1.807, 2.05) is 59.1 Å². The number of ether oxygens (including phenoxy) is 2. The fraction of sp³-hybridized carbons (Fsp3) is 0.316. The number of hydrogen-bond acceptors (Lipinski definition) is 13. The van der Waals surface area contributed by atoms with Gasteiger partial charge < -0.3 is 9.47 Å². The Bertz CT molecular complexity index is 2490. The summed E-state index contributed by atoms with van der Waals surface area (Å²) in [5.41, 5.74) is 4.25. The monoisotopic (exact) mass is 762 g/mol. The maximum atomic E-state index is 9.32. The molecule has 0 bridgehead atoms. The highest BCUT2D eigenvalue weighted by Crippen LogP contribution is 2.65. The van der Waals surface area contributed by atoms with Gasteiger partial charge in [0, 0.05) is 37.6 Å².